The molecule has 1 aromatic rings. The molecule has 1 aliphatic rings. The lowest BCUT2D eigenvalue weighted by Crippen LogP contribution is -2.52. The summed E-state index contributed by atoms with van der Waals surface area (Å²) < 4.78 is 5.08. The molecule has 7 heteroatoms. The van der Waals surface area contributed by atoms with Crippen molar-refractivity contribution in [3.8, 4) is 0 Å². The molecular weight excluding hydrogens is 268 g/mol. The SMILES string of the molecule is Cc1ncc(C=CC(=O)N2CCOCC2C(=O)O)s1. The predicted octanol–water partition coefficient (Wildman–Crippen LogP) is 0.777. The van der Waals surface area contributed by atoms with Gasteiger partial charge < -0.3 is 14.7 Å². The van der Waals surface area contributed by atoms with E-state index in [-0.39, 0.29) is 12.5 Å². The van der Waals surface area contributed by atoms with E-state index < -0.39 is 12.0 Å². The number of aliphatic carboxylic acids is 1. The van der Waals surface area contributed by atoms with E-state index in [4.69, 9.17) is 9.84 Å². The van der Waals surface area contributed by atoms with Crippen molar-refractivity contribution in [2.45, 2.75) is 13.0 Å². The number of hydrogen-bond donors (Lipinski definition) is 1. The van der Waals surface area contributed by atoms with Crippen LogP contribution in [0.3, 0.4) is 0 Å². The molecule has 1 saturated heterocycles. The van der Waals surface area contributed by atoms with Gasteiger partial charge in [-0.2, -0.15) is 0 Å². The molecule has 1 aromatic heterocycles. The van der Waals surface area contributed by atoms with Crippen molar-refractivity contribution in [1.29, 1.82) is 0 Å². The summed E-state index contributed by atoms with van der Waals surface area (Å²) >= 11 is 1.47. The number of carboxylic acids is 1. The molecule has 0 radical (unpaired) electrons. The van der Waals surface area contributed by atoms with Gasteiger partial charge in [-0.3, -0.25) is 4.79 Å². The summed E-state index contributed by atoms with van der Waals surface area (Å²) in [7, 11) is 0. The number of ether oxygens (including phenoxy) is 1. The number of carbonyl (C=O) groups is 2. The first-order valence-corrected chi connectivity index (χ1v) is 6.61. The van der Waals surface area contributed by atoms with E-state index in [9.17, 15) is 9.59 Å². The number of rotatable bonds is 3. The fourth-order valence-corrected chi connectivity index (χ4v) is 2.46. The number of aryl methyl sites for hydroxylation is 1. The highest BCUT2D eigenvalue weighted by molar-refractivity contribution is 7.12. The number of thiazole rings is 1. The minimum atomic E-state index is -1.05. The Balaban J connectivity index is 2.05. The zero-order valence-corrected chi connectivity index (χ0v) is 11.2. The van der Waals surface area contributed by atoms with Crippen molar-refractivity contribution in [2.24, 2.45) is 0 Å². The summed E-state index contributed by atoms with van der Waals surface area (Å²) in [6.45, 7) is 2.58. The van der Waals surface area contributed by atoms with Crippen molar-refractivity contribution < 1.29 is 19.4 Å². The third-order valence-corrected chi connectivity index (χ3v) is 3.60. The van der Waals surface area contributed by atoms with E-state index >= 15 is 0 Å². The van der Waals surface area contributed by atoms with Crippen LogP contribution in [-0.4, -0.2) is 52.7 Å². The molecule has 102 valence electrons. The molecule has 1 fully saturated rings. The van der Waals surface area contributed by atoms with Gasteiger partial charge in [-0.05, 0) is 13.0 Å². The van der Waals surface area contributed by atoms with Crippen LogP contribution in [0.1, 0.15) is 9.88 Å². The summed E-state index contributed by atoms with van der Waals surface area (Å²) in [6.07, 6.45) is 4.72. The molecule has 0 aromatic carbocycles. The van der Waals surface area contributed by atoms with E-state index in [2.05, 4.69) is 4.98 Å². The number of aromatic nitrogens is 1. The molecule has 0 aliphatic carbocycles. The van der Waals surface area contributed by atoms with Gasteiger partial charge in [0.1, 0.15) is 0 Å². The fraction of sp³-hybridized carbons (Fsp3) is 0.417. The normalized spacial score (nSPS) is 19.8. The lowest BCUT2D eigenvalue weighted by Gasteiger charge is -2.31. The van der Waals surface area contributed by atoms with Gasteiger partial charge in [0.25, 0.3) is 0 Å². The first-order chi connectivity index (χ1) is 9.08. The van der Waals surface area contributed by atoms with E-state index in [1.807, 2.05) is 6.92 Å². The number of nitrogens with zero attached hydrogens (tertiary/aromatic N) is 2. The Morgan fingerprint density at radius 1 is 1.63 bits per heavy atom. The van der Waals surface area contributed by atoms with Crippen LogP contribution in [0.25, 0.3) is 6.08 Å². The van der Waals surface area contributed by atoms with Gasteiger partial charge in [0, 0.05) is 23.7 Å². The topological polar surface area (TPSA) is 79.7 Å². The Bertz CT molecular complexity index is 512. The highest BCUT2D eigenvalue weighted by Gasteiger charge is 2.31. The summed E-state index contributed by atoms with van der Waals surface area (Å²) in [6, 6.07) is -0.908. The second-order valence-electron chi connectivity index (χ2n) is 4.08. The maximum Gasteiger partial charge on any atom is 0.328 e. The quantitative estimate of drug-likeness (QED) is 0.829. The summed E-state index contributed by atoms with van der Waals surface area (Å²) in [5, 5.41) is 9.96. The van der Waals surface area contributed by atoms with Crippen molar-refractivity contribution in [2.75, 3.05) is 19.8 Å². The Kier molecular flexibility index (Phi) is 4.28. The molecular formula is C12H14N2O4S. The standard InChI is InChI=1S/C12H14N2O4S/c1-8-13-6-9(19-8)2-3-11(15)14-4-5-18-7-10(14)12(16)17/h2-3,6,10H,4-5,7H2,1H3,(H,16,17). The fourth-order valence-electron chi connectivity index (χ4n) is 1.78. The van der Waals surface area contributed by atoms with Crippen LogP contribution in [-0.2, 0) is 14.3 Å². The Labute approximate surface area is 114 Å². The van der Waals surface area contributed by atoms with Crippen LogP contribution < -0.4 is 0 Å². The number of carboxylic acid groups (broad SMARTS) is 1. The Hall–Kier alpha value is -1.73. The van der Waals surface area contributed by atoms with Crippen molar-refractivity contribution in [3.05, 3.63) is 22.2 Å². The second kappa shape index (κ2) is 5.94. The maximum atomic E-state index is 12.0. The number of carbonyl (C=O) groups excluding carboxylic acids is 1. The third-order valence-electron chi connectivity index (χ3n) is 2.73. The third kappa shape index (κ3) is 3.39. The minimum Gasteiger partial charge on any atom is -0.480 e. The number of amides is 1. The molecule has 0 bridgehead atoms. The molecule has 1 aliphatic heterocycles. The smallest absolute Gasteiger partial charge is 0.328 e. The van der Waals surface area contributed by atoms with Gasteiger partial charge >= 0.3 is 5.97 Å². The van der Waals surface area contributed by atoms with E-state index in [0.29, 0.717) is 13.2 Å². The van der Waals surface area contributed by atoms with Crippen LogP contribution >= 0.6 is 11.3 Å². The molecule has 1 N–H and O–H groups in total. The van der Waals surface area contributed by atoms with Crippen LogP contribution in [0.5, 0.6) is 0 Å². The summed E-state index contributed by atoms with van der Waals surface area (Å²) in [5.74, 6) is -1.36. The highest BCUT2D eigenvalue weighted by Crippen LogP contribution is 2.14. The molecule has 1 amide bonds. The second-order valence-corrected chi connectivity index (χ2v) is 5.34. The van der Waals surface area contributed by atoms with Crippen LogP contribution in [0.4, 0.5) is 0 Å². The lowest BCUT2D eigenvalue weighted by molar-refractivity contribution is -0.156. The van der Waals surface area contributed by atoms with Crippen LogP contribution in [0.15, 0.2) is 12.3 Å². The summed E-state index contributed by atoms with van der Waals surface area (Å²) in [5.41, 5.74) is 0. The van der Waals surface area contributed by atoms with Crippen molar-refractivity contribution in [1.82, 2.24) is 9.88 Å². The first-order valence-electron chi connectivity index (χ1n) is 5.79. The number of morpholine rings is 1. The molecule has 2 rings (SSSR count). The van der Waals surface area contributed by atoms with Gasteiger partial charge in [0.05, 0.1) is 18.2 Å². The molecule has 0 saturated carbocycles. The molecule has 19 heavy (non-hydrogen) atoms. The van der Waals surface area contributed by atoms with Gasteiger partial charge in [0.2, 0.25) is 5.91 Å². The first kappa shape index (κ1) is 13.7. The molecule has 1 unspecified atom stereocenters. The monoisotopic (exact) mass is 282 g/mol. The van der Waals surface area contributed by atoms with Gasteiger partial charge in [-0.1, -0.05) is 0 Å². The zero-order valence-electron chi connectivity index (χ0n) is 10.4. The zero-order chi connectivity index (χ0) is 13.8. The highest BCUT2D eigenvalue weighted by atomic mass is 32.1. The average Bonchev–Trinajstić information content (AvgIpc) is 2.81. The summed E-state index contributed by atoms with van der Waals surface area (Å²) in [4.78, 5) is 29.3. The molecule has 0 spiro atoms. The predicted molar refractivity (Wildman–Crippen MR) is 69.8 cm³/mol. The maximum absolute atomic E-state index is 12.0. The Morgan fingerprint density at radius 3 is 3.05 bits per heavy atom. The van der Waals surface area contributed by atoms with E-state index in [1.165, 1.54) is 22.3 Å². The van der Waals surface area contributed by atoms with Crippen LogP contribution in [0, 0.1) is 6.92 Å². The minimum absolute atomic E-state index is 0.0363. The average molecular weight is 282 g/mol. The lowest BCUT2D eigenvalue weighted by atomic mass is 10.2. The largest absolute Gasteiger partial charge is 0.480 e. The van der Waals surface area contributed by atoms with Gasteiger partial charge in [-0.15, -0.1) is 11.3 Å². The van der Waals surface area contributed by atoms with E-state index in [0.717, 1.165) is 9.88 Å². The van der Waals surface area contributed by atoms with Crippen molar-refractivity contribution in [3.63, 3.8) is 0 Å². The molecule has 1 atom stereocenters. The molecule has 2 heterocycles. The molecule has 6 nitrogen and oxygen atoms in total. The van der Waals surface area contributed by atoms with E-state index in [1.54, 1.807) is 12.3 Å². The van der Waals surface area contributed by atoms with Gasteiger partial charge in [0.15, 0.2) is 6.04 Å². The van der Waals surface area contributed by atoms with Crippen molar-refractivity contribution >= 4 is 29.3 Å². The van der Waals surface area contributed by atoms with Gasteiger partial charge in [-0.25, -0.2) is 9.78 Å². The number of hydrogen-bond acceptors (Lipinski definition) is 5. The Morgan fingerprint density at radius 2 is 2.42 bits per heavy atom. The van der Waals surface area contributed by atoms with Crippen LogP contribution in [0.2, 0.25) is 0 Å².